The highest BCUT2D eigenvalue weighted by molar-refractivity contribution is 7.91. The van der Waals surface area contributed by atoms with E-state index in [-0.39, 0.29) is 18.4 Å². The Kier molecular flexibility index (Phi) is 5.50. The predicted molar refractivity (Wildman–Crippen MR) is 82.8 cm³/mol. The van der Waals surface area contributed by atoms with E-state index >= 15 is 0 Å². The van der Waals surface area contributed by atoms with E-state index in [1.165, 1.54) is 0 Å². The molecule has 0 saturated heterocycles. The van der Waals surface area contributed by atoms with Gasteiger partial charge in [0.1, 0.15) is 0 Å². The summed E-state index contributed by atoms with van der Waals surface area (Å²) in [6, 6.07) is 17.5. The quantitative estimate of drug-likeness (QED) is 0.818. The summed E-state index contributed by atoms with van der Waals surface area (Å²) in [5.74, 6) is -0.0406. The molecule has 0 spiro atoms. The first-order valence-corrected chi connectivity index (χ1v) is 8.46. The second-order valence-corrected chi connectivity index (χ2v) is 6.77. The second kappa shape index (κ2) is 7.36. The third-order valence-corrected chi connectivity index (χ3v) is 4.96. The predicted octanol–water partition coefficient (Wildman–Crippen LogP) is 1.78. The molecule has 0 aliphatic heterocycles. The van der Waals surface area contributed by atoms with Crippen molar-refractivity contribution in [2.24, 2.45) is 0 Å². The van der Waals surface area contributed by atoms with Crippen molar-refractivity contribution in [2.75, 3.05) is 18.9 Å². The van der Waals surface area contributed by atoms with Gasteiger partial charge in [-0.05, 0) is 17.7 Å². The van der Waals surface area contributed by atoms with E-state index < -0.39 is 9.84 Å². The first-order valence-electron chi connectivity index (χ1n) is 6.80. The average molecular weight is 305 g/mol. The van der Waals surface area contributed by atoms with E-state index in [0.717, 1.165) is 5.56 Å². The molecule has 2 N–H and O–H groups in total. The topological polar surface area (TPSA) is 66.4 Å². The third-order valence-electron chi connectivity index (χ3n) is 3.19. The van der Waals surface area contributed by atoms with Crippen molar-refractivity contribution < 1.29 is 13.5 Å². The van der Waals surface area contributed by atoms with Crippen LogP contribution in [0.1, 0.15) is 11.6 Å². The minimum atomic E-state index is -3.38. The maximum absolute atomic E-state index is 12.5. The summed E-state index contributed by atoms with van der Waals surface area (Å²) >= 11 is 0. The van der Waals surface area contributed by atoms with Gasteiger partial charge in [0.25, 0.3) is 0 Å². The molecular weight excluding hydrogens is 286 g/mol. The number of sulfone groups is 1. The molecule has 1 unspecified atom stereocenters. The number of aliphatic hydroxyl groups excluding tert-OH is 1. The SMILES string of the molecule is O=S(=O)(CC(NCCO)c1ccccc1)c1ccccc1. The highest BCUT2D eigenvalue weighted by atomic mass is 32.2. The van der Waals surface area contributed by atoms with Gasteiger partial charge in [0.15, 0.2) is 9.84 Å². The Morgan fingerprint density at radius 2 is 1.52 bits per heavy atom. The van der Waals surface area contributed by atoms with Gasteiger partial charge in [-0.15, -0.1) is 0 Å². The number of benzene rings is 2. The molecule has 5 heteroatoms. The molecule has 112 valence electrons. The monoisotopic (exact) mass is 305 g/mol. The maximum Gasteiger partial charge on any atom is 0.180 e. The molecule has 0 saturated carbocycles. The molecule has 2 rings (SSSR count). The molecule has 2 aromatic carbocycles. The van der Waals surface area contributed by atoms with Gasteiger partial charge in [0.2, 0.25) is 0 Å². The van der Waals surface area contributed by atoms with Gasteiger partial charge in [-0.3, -0.25) is 0 Å². The summed E-state index contributed by atoms with van der Waals surface area (Å²) in [6.07, 6.45) is 0. The molecule has 1 atom stereocenters. The standard InChI is InChI=1S/C16H19NO3S/c18-12-11-17-16(14-7-3-1-4-8-14)13-21(19,20)15-9-5-2-6-10-15/h1-10,16-18H,11-13H2. The van der Waals surface area contributed by atoms with Gasteiger partial charge in [-0.2, -0.15) is 0 Å². The molecule has 0 heterocycles. The van der Waals surface area contributed by atoms with Crippen LogP contribution in [0, 0.1) is 0 Å². The van der Waals surface area contributed by atoms with Crippen molar-refractivity contribution in [3.8, 4) is 0 Å². The summed E-state index contributed by atoms with van der Waals surface area (Å²) in [5, 5.41) is 12.0. The zero-order chi connectivity index (χ0) is 15.1. The lowest BCUT2D eigenvalue weighted by molar-refractivity contribution is 0.286. The largest absolute Gasteiger partial charge is 0.395 e. The Morgan fingerprint density at radius 3 is 2.10 bits per heavy atom. The summed E-state index contributed by atoms with van der Waals surface area (Å²) < 4.78 is 25.0. The van der Waals surface area contributed by atoms with Crippen LogP contribution in [0.25, 0.3) is 0 Å². The van der Waals surface area contributed by atoms with Crippen molar-refractivity contribution in [3.05, 3.63) is 66.2 Å². The van der Waals surface area contributed by atoms with Gasteiger partial charge in [0, 0.05) is 12.6 Å². The van der Waals surface area contributed by atoms with E-state index in [4.69, 9.17) is 5.11 Å². The minimum Gasteiger partial charge on any atom is -0.395 e. The lowest BCUT2D eigenvalue weighted by Gasteiger charge is -2.19. The third kappa shape index (κ3) is 4.39. The maximum atomic E-state index is 12.5. The van der Waals surface area contributed by atoms with E-state index in [2.05, 4.69) is 5.32 Å². The minimum absolute atomic E-state index is 0.0330. The number of hydrogen-bond donors (Lipinski definition) is 2. The van der Waals surface area contributed by atoms with Gasteiger partial charge < -0.3 is 10.4 Å². The molecule has 0 fully saturated rings. The zero-order valence-electron chi connectivity index (χ0n) is 11.6. The van der Waals surface area contributed by atoms with Crippen LogP contribution in [0.4, 0.5) is 0 Å². The fourth-order valence-electron chi connectivity index (χ4n) is 2.14. The van der Waals surface area contributed by atoms with Crippen LogP contribution in [-0.2, 0) is 9.84 Å². The van der Waals surface area contributed by atoms with Gasteiger partial charge in [-0.1, -0.05) is 48.5 Å². The smallest absolute Gasteiger partial charge is 0.180 e. The Bertz CT molecular complexity index is 642. The number of nitrogens with one attached hydrogen (secondary N) is 1. The molecule has 0 radical (unpaired) electrons. The Balaban J connectivity index is 2.23. The van der Waals surface area contributed by atoms with Gasteiger partial charge in [0.05, 0.1) is 17.3 Å². The molecule has 21 heavy (non-hydrogen) atoms. The highest BCUT2D eigenvalue weighted by Crippen LogP contribution is 2.19. The molecule has 4 nitrogen and oxygen atoms in total. The summed E-state index contributed by atoms with van der Waals surface area (Å²) in [5.41, 5.74) is 0.894. The first kappa shape index (κ1) is 15.7. The van der Waals surface area contributed by atoms with Crippen LogP contribution in [0.3, 0.4) is 0 Å². The van der Waals surface area contributed by atoms with E-state index in [1.807, 2.05) is 30.3 Å². The van der Waals surface area contributed by atoms with E-state index in [1.54, 1.807) is 30.3 Å². The molecule has 0 bridgehead atoms. The highest BCUT2D eigenvalue weighted by Gasteiger charge is 2.21. The molecule has 2 aromatic rings. The van der Waals surface area contributed by atoms with Crippen LogP contribution < -0.4 is 5.32 Å². The van der Waals surface area contributed by atoms with Crippen molar-refractivity contribution in [2.45, 2.75) is 10.9 Å². The van der Waals surface area contributed by atoms with Gasteiger partial charge >= 0.3 is 0 Å². The van der Waals surface area contributed by atoms with Crippen molar-refractivity contribution in [3.63, 3.8) is 0 Å². The Morgan fingerprint density at radius 1 is 0.952 bits per heavy atom. The normalized spacial score (nSPS) is 13.0. The molecule has 0 aromatic heterocycles. The summed E-state index contributed by atoms with van der Waals surface area (Å²) in [4.78, 5) is 0.316. The molecule has 0 aliphatic rings. The fraction of sp³-hybridized carbons (Fsp3) is 0.250. The number of rotatable bonds is 7. The van der Waals surface area contributed by atoms with Crippen molar-refractivity contribution >= 4 is 9.84 Å². The zero-order valence-corrected chi connectivity index (χ0v) is 12.5. The Labute approximate surface area is 125 Å². The number of hydrogen-bond acceptors (Lipinski definition) is 4. The van der Waals surface area contributed by atoms with Crippen LogP contribution in [0.5, 0.6) is 0 Å². The lowest BCUT2D eigenvalue weighted by Crippen LogP contribution is -2.30. The first-order chi connectivity index (χ1) is 10.1. The lowest BCUT2D eigenvalue weighted by atomic mass is 10.1. The van der Waals surface area contributed by atoms with Crippen LogP contribution in [-0.4, -0.2) is 32.4 Å². The summed E-state index contributed by atoms with van der Waals surface area (Å²) in [7, 11) is -3.38. The fourth-order valence-corrected chi connectivity index (χ4v) is 3.65. The molecular formula is C16H19NO3S. The van der Waals surface area contributed by atoms with E-state index in [9.17, 15) is 8.42 Å². The average Bonchev–Trinajstić information content (AvgIpc) is 2.53. The molecule has 0 aliphatic carbocycles. The second-order valence-electron chi connectivity index (χ2n) is 4.74. The Hall–Kier alpha value is -1.69. The van der Waals surface area contributed by atoms with Crippen LogP contribution >= 0.6 is 0 Å². The summed E-state index contributed by atoms with van der Waals surface area (Å²) in [6.45, 7) is 0.318. The number of aliphatic hydroxyl groups is 1. The van der Waals surface area contributed by atoms with Crippen molar-refractivity contribution in [1.82, 2.24) is 5.32 Å². The molecule has 0 amide bonds. The van der Waals surface area contributed by atoms with Crippen molar-refractivity contribution in [1.29, 1.82) is 0 Å². The van der Waals surface area contributed by atoms with Gasteiger partial charge in [-0.25, -0.2) is 8.42 Å². The van der Waals surface area contributed by atoms with E-state index in [0.29, 0.717) is 11.4 Å². The van der Waals surface area contributed by atoms with Crippen LogP contribution in [0.15, 0.2) is 65.6 Å². The van der Waals surface area contributed by atoms with Crippen LogP contribution in [0.2, 0.25) is 0 Å².